The largest absolute Gasteiger partial charge is 0.508 e. The van der Waals surface area contributed by atoms with Crippen LogP contribution in [0.4, 0.5) is 5.00 Å². The van der Waals surface area contributed by atoms with Gasteiger partial charge in [0.15, 0.2) is 0 Å². The third-order valence-electron chi connectivity index (χ3n) is 2.11. The average molecular weight is 221 g/mol. The summed E-state index contributed by atoms with van der Waals surface area (Å²) >= 11 is 1.33. The minimum atomic E-state index is 0.174. The molecule has 0 fully saturated rings. The summed E-state index contributed by atoms with van der Waals surface area (Å²) in [7, 11) is 0. The van der Waals surface area contributed by atoms with E-state index in [1.54, 1.807) is 18.3 Å². The minimum absolute atomic E-state index is 0.174. The highest BCUT2D eigenvalue weighted by atomic mass is 32.1. The zero-order chi connectivity index (χ0) is 10.7. The lowest BCUT2D eigenvalue weighted by Gasteiger charge is -2.13. The molecular formula is C10H11N3OS. The fourth-order valence-electron chi connectivity index (χ4n) is 1.29. The lowest BCUT2D eigenvalue weighted by molar-refractivity contribution is 0.475. The summed E-state index contributed by atoms with van der Waals surface area (Å²) in [5.41, 5.74) is 1.11. The summed E-state index contributed by atoms with van der Waals surface area (Å²) in [5, 5.41) is 17.1. The fourth-order valence-corrected chi connectivity index (χ4v) is 1.80. The molecule has 1 atom stereocenters. The van der Waals surface area contributed by atoms with Gasteiger partial charge in [0, 0.05) is 17.6 Å². The van der Waals surface area contributed by atoms with E-state index in [1.807, 2.05) is 19.1 Å². The van der Waals surface area contributed by atoms with Crippen molar-refractivity contribution in [3.05, 3.63) is 36.0 Å². The Morgan fingerprint density at radius 2 is 2.07 bits per heavy atom. The first-order valence-electron chi connectivity index (χ1n) is 4.58. The maximum absolute atomic E-state index is 9.16. The van der Waals surface area contributed by atoms with Crippen molar-refractivity contribution in [1.29, 1.82) is 0 Å². The normalized spacial score (nSPS) is 12.3. The molecule has 0 radical (unpaired) electrons. The Hall–Kier alpha value is -1.62. The first-order valence-corrected chi connectivity index (χ1v) is 5.36. The minimum Gasteiger partial charge on any atom is -0.508 e. The third kappa shape index (κ3) is 2.44. The topological polar surface area (TPSA) is 58.0 Å². The molecule has 0 aliphatic rings. The van der Waals surface area contributed by atoms with E-state index in [9.17, 15) is 0 Å². The zero-order valence-electron chi connectivity index (χ0n) is 8.21. The maximum Gasteiger partial charge on any atom is 0.130 e. The van der Waals surface area contributed by atoms with Crippen LogP contribution in [0.15, 0.2) is 30.5 Å². The average Bonchev–Trinajstić information content (AvgIpc) is 2.71. The quantitative estimate of drug-likeness (QED) is 0.835. The Morgan fingerprint density at radius 1 is 1.33 bits per heavy atom. The van der Waals surface area contributed by atoms with E-state index in [-0.39, 0.29) is 11.8 Å². The number of benzene rings is 1. The molecular weight excluding hydrogens is 210 g/mol. The van der Waals surface area contributed by atoms with Crippen LogP contribution in [0.5, 0.6) is 5.75 Å². The number of nitrogens with one attached hydrogen (secondary N) is 1. The fraction of sp³-hybridized carbons (Fsp3) is 0.200. The van der Waals surface area contributed by atoms with Crippen LogP contribution in [-0.2, 0) is 0 Å². The molecule has 0 bridgehead atoms. The molecule has 15 heavy (non-hydrogen) atoms. The van der Waals surface area contributed by atoms with Crippen LogP contribution in [0, 0.1) is 0 Å². The van der Waals surface area contributed by atoms with Gasteiger partial charge < -0.3 is 10.4 Å². The molecule has 2 N–H and O–H groups in total. The molecule has 0 aliphatic heterocycles. The van der Waals surface area contributed by atoms with E-state index in [1.165, 1.54) is 11.5 Å². The van der Waals surface area contributed by atoms with Crippen LogP contribution in [0.1, 0.15) is 18.5 Å². The first-order chi connectivity index (χ1) is 7.25. The second-order valence-corrected chi connectivity index (χ2v) is 4.03. The number of rotatable bonds is 3. The van der Waals surface area contributed by atoms with Gasteiger partial charge in [-0.3, -0.25) is 0 Å². The highest BCUT2D eigenvalue weighted by molar-refractivity contribution is 7.09. The summed E-state index contributed by atoms with van der Waals surface area (Å²) in [6, 6.07) is 7.31. The van der Waals surface area contributed by atoms with E-state index in [0.29, 0.717) is 0 Å². The number of aromatic hydroxyl groups is 1. The highest BCUT2D eigenvalue weighted by Gasteiger charge is 2.06. The SMILES string of the molecule is CC(Nc1cnns1)c1ccc(O)cc1. The van der Waals surface area contributed by atoms with Gasteiger partial charge in [0.2, 0.25) is 0 Å². The third-order valence-corrected chi connectivity index (χ3v) is 2.71. The van der Waals surface area contributed by atoms with Crippen molar-refractivity contribution in [1.82, 2.24) is 9.59 Å². The highest BCUT2D eigenvalue weighted by Crippen LogP contribution is 2.21. The number of aromatic nitrogens is 2. The lowest BCUT2D eigenvalue weighted by Crippen LogP contribution is -2.04. The predicted molar refractivity (Wildman–Crippen MR) is 60.1 cm³/mol. The lowest BCUT2D eigenvalue weighted by atomic mass is 10.1. The number of anilines is 1. The van der Waals surface area contributed by atoms with Gasteiger partial charge in [0.1, 0.15) is 10.8 Å². The van der Waals surface area contributed by atoms with Crippen molar-refractivity contribution >= 4 is 16.5 Å². The molecule has 0 saturated carbocycles. The van der Waals surface area contributed by atoms with E-state index >= 15 is 0 Å². The first kappa shape index (κ1) is 9.92. The van der Waals surface area contributed by atoms with Crippen LogP contribution in [0.3, 0.4) is 0 Å². The van der Waals surface area contributed by atoms with Gasteiger partial charge in [0.05, 0.1) is 6.20 Å². The summed E-state index contributed by atoms with van der Waals surface area (Å²) < 4.78 is 3.77. The van der Waals surface area contributed by atoms with E-state index in [4.69, 9.17) is 5.11 Å². The van der Waals surface area contributed by atoms with Gasteiger partial charge in [-0.15, -0.1) is 5.10 Å². The molecule has 4 nitrogen and oxygen atoms in total. The van der Waals surface area contributed by atoms with Gasteiger partial charge in [-0.25, -0.2) is 0 Å². The molecule has 0 saturated heterocycles. The maximum atomic E-state index is 9.16. The molecule has 0 amide bonds. The Bertz CT molecular complexity index is 413. The molecule has 1 aromatic carbocycles. The molecule has 0 spiro atoms. The van der Waals surface area contributed by atoms with Crippen LogP contribution in [0.2, 0.25) is 0 Å². The molecule has 1 unspecified atom stereocenters. The smallest absolute Gasteiger partial charge is 0.130 e. The molecule has 2 rings (SSSR count). The molecule has 2 aromatic rings. The standard InChI is InChI=1S/C10H11N3OS/c1-7(12-10-6-11-13-15-10)8-2-4-9(14)5-3-8/h2-7,12,14H,1H3. The second-order valence-electron chi connectivity index (χ2n) is 3.24. The van der Waals surface area contributed by atoms with Crippen LogP contribution >= 0.6 is 11.5 Å². The van der Waals surface area contributed by atoms with Crippen LogP contribution in [-0.4, -0.2) is 14.7 Å². The number of phenols is 1. The van der Waals surface area contributed by atoms with Crippen LogP contribution < -0.4 is 5.32 Å². The Balaban J connectivity index is 2.08. The summed E-state index contributed by atoms with van der Waals surface area (Å²) in [6.45, 7) is 2.05. The van der Waals surface area contributed by atoms with Crippen molar-refractivity contribution < 1.29 is 5.11 Å². The molecule has 78 valence electrons. The number of hydrogen-bond donors (Lipinski definition) is 2. The van der Waals surface area contributed by atoms with E-state index in [2.05, 4.69) is 14.9 Å². The molecule has 1 heterocycles. The second kappa shape index (κ2) is 4.27. The van der Waals surface area contributed by atoms with Gasteiger partial charge in [0.25, 0.3) is 0 Å². The van der Waals surface area contributed by atoms with E-state index in [0.717, 1.165) is 10.6 Å². The summed E-state index contributed by atoms with van der Waals surface area (Å²) in [4.78, 5) is 0. The molecule has 1 aromatic heterocycles. The summed E-state index contributed by atoms with van der Waals surface area (Å²) in [5.74, 6) is 0.283. The number of phenolic OH excluding ortho intramolecular Hbond substituents is 1. The molecule has 0 aliphatic carbocycles. The van der Waals surface area contributed by atoms with Gasteiger partial charge >= 0.3 is 0 Å². The number of nitrogens with zero attached hydrogens (tertiary/aromatic N) is 2. The van der Waals surface area contributed by atoms with Gasteiger partial charge in [-0.05, 0) is 24.6 Å². The summed E-state index contributed by atoms with van der Waals surface area (Å²) in [6.07, 6.45) is 1.70. The Kier molecular flexibility index (Phi) is 2.82. The van der Waals surface area contributed by atoms with Crippen molar-refractivity contribution in [3.63, 3.8) is 0 Å². The monoisotopic (exact) mass is 221 g/mol. The Labute approximate surface area is 91.8 Å². The number of hydrogen-bond acceptors (Lipinski definition) is 5. The van der Waals surface area contributed by atoms with Crippen molar-refractivity contribution in [2.75, 3.05) is 5.32 Å². The Morgan fingerprint density at radius 3 is 2.67 bits per heavy atom. The van der Waals surface area contributed by atoms with Crippen molar-refractivity contribution in [3.8, 4) is 5.75 Å². The van der Waals surface area contributed by atoms with Gasteiger partial charge in [-0.2, -0.15) is 0 Å². The van der Waals surface area contributed by atoms with Gasteiger partial charge in [-0.1, -0.05) is 16.6 Å². The van der Waals surface area contributed by atoms with Crippen LogP contribution in [0.25, 0.3) is 0 Å². The predicted octanol–water partition coefficient (Wildman–Crippen LogP) is 2.42. The molecule has 5 heteroatoms. The van der Waals surface area contributed by atoms with Crippen molar-refractivity contribution in [2.45, 2.75) is 13.0 Å². The zero-order valence-corrected chi connectivity index (χ0v) is 9.03. The van der Waals surface area contributed by atoms with Crippen molar-refractivity contribution in [2.24, 2.45) is 0 Å². The van der Waals surface area contributed by atoms with E-state index < -0.39 is 0 Å².